The molecular weight excluding hydrogens is 282 g/mol. The van der Waals surface area contributed by atoms with Crippen LogP contribution in [0.5, 0.6) is 0 Å². The smallest absolute Gasteiger partial charge is 0.416 e. The van der Waals surface area contributed by atoms with Crippen LogP contribution >= 0.6 is 0 Å². The van der Waals surface area contributed by atoms with Gasteiger partial charge in [0, 0.05) is 12.5 Å². The molecule has 128 valence electrons. The minimum absolute atomic E-state index is 0.0646. The Kier molecular flexibility index (Phi) is 8.46. The van der Waals surface area contributed by atoms with Gasteiger partial charge >= 0.3 is 6.09 Å². The number of cyclic esters (lactones) is 1. The maximum Gasteiger partial charge on any atom is 0.416 e. The van der Waals surface area contributed by atoms with E-state index in [9.17, 15) is 9.59 Å². The second kappa shape index (κ2) is 9.82. The van der Waals surface area contributed by atoms with Crippen molar-refractivity contribution in [2.24, 2.45) is 11.8 Å². The molecule has 5 nitrogen and oxygen atoms in total. The lowest BCUT2D eigenvalue weighted by Crippen LogP contribution is -2.44. The first-order chi connectivity index (χ1) is 10.5. The van der Waals surface area contributed by atoms with Crippen LogP contribution in [0.1, 0.15) is 65.7 Å². The minimum atomic E-state index is -0.481. The van der Waals surface area contributed by atoms with Crippen LogP contribution in [0.25, 0.3) is 0 Å². The van der Waals surface area contributed by atoms with Gasteiger partial charge < -0.3 is 9.84 Å². The number of carbonyl (C=O) groups excluding carboxylic acids is 2. The van der Waals surface area contributed by atoms with Crippen molar-refractivity contribution in [3.05, 3.63) is 0 Å². The molecule has 5 heteroatoms. The van der Waals surface area contributed by atoms with Crippen LogP contribution in [0.3, 0.4) is 0 Å². The van der Waals surface area contributed by atoms with Crippen molar-refractivity contribution in [1.82, 2.24) is 4.90 Å². The van der Waals surface area contributed by atoms with E-state index in [0.29, 0.717) is 6.61 Å². The quantitative estimate of drug-likeness (QED) is 0.628. The highest BCUT2D eigenvalue weighted by atomic mass is 16.6. The molecule has 1 aliphatic rings. The summed E-state index contributed by atoms with van der Waals surface area (Å²) in [7, 11) is 0. The van der Waals surface area contributed by atoms with Gasteiger partial charge in [0.1, 0.15) is 6.61 Å². The molecule has 22 heavy (non-hydrogen) atoms. The van der Waals surface area contributed by atoms with E-state index >= 15 is 0 Å². The summed E-state index contributed by atoms with van der Waals surface area (Å²) in [5.74, 6) is 0.0541. The SMILES string of the molecule is CCC[C@H](CCCCCCO)C(=O)N1C(=O)OC[C@@H]1C(C)C. The molecule has 0 aliphatic carbocycles. The van der Waals surface area contributed by atoms with E-state index in [4.69, 9.17) is 9.84 Å². The predicted octanol–water partition coefficient (Wildman–Crippen LogP) is 3.35. The Labute approximate surface area is 134 Å². The molecule has 1 heterocycles. The summed E-state index contributed by atoms with van der Waals surface area (Å²) in [4.78, 5) is 26.0. The molecule has 1 rings (SSSR count). The lowest BCUT2D eigenvalue weighted by molar-refractivity contribution is -0.134. The van der Waals surface area contributed by atoms with Crippen LogP contribution in [0, 0.1) is 11.8 Å². The number of imide groups is 1. The van der Waals surface area contributed by atoms with E-state index in [-0.39, 0.29) is 30.4 Å². The summed E-state index contributed by atoms with van der Waals surface area (Å²) < 4.78 is 5.08. The van der Waals surface area contributed by atoms with Crippen LogP contribution in [0.15, 0.2) is 0 Å². The zero-order chi connectivity index (χ0) is 16.5. The molecule has 0 aromatic rings. The van der Waals surface area contributed by atoms with Gasteiger partial charge in [-0.25, -0.2) is 9.69 Å². The molecule has 0 saturated carbocycles. The van der Waals surface area contributed by atoms with E-state index in [1.54, 1.807) is 0 Å². The number of amides is 2. The molecule has 1 N–H and O–H groups in total. The highest BCUT2D eigenvalue weighted by Gasteiger charge is 2.41. The van der Waals surface area contributed by atoms with Crippen molar-refractivity contribution in [1.29, 1.82) is 0 Å². The molecule has 0 unspecified atom stereocenters. The summed E-state index contributed by atoms with van der Waals surface area (Å²) >= 11 is 0. The highest BCUT2D eigenvalue weighted by Crippen LogP contribution is 2.26. The number of hydrogen-bond donors (Lipinski definition) is 1. The molecule has 1 saturated heterocycles. The first kappa shape index (κ1) is 18.9. The molecule has 1 fully saturated rings. The first-order valence-corrected chi connectivity index (χ1v) is 8.63. The second-order valence-corrected chi connectivity index (χ2v) is 6.51. The van der Waals surface area contributed by atoms with Gasteiger partial charge in [0.05, 0.1) is 6.04 Å². The lowest BCUT2D eigenvalue weighted by atomic mass is 9.93. The third kappa shape index (κ3) is 5.27. The number of rotatable bonds is 10. The fourth-order valence-corrected chi connectivity index (χ4v) is 2.97. The third-order valence-corrected chi connectivity index (χ3v) is 4.36. The molecule has 0 spiro atoms. The molecule has 0 aromatic heterocycles. The van der Waals surface area contributed by atoms with Crippen LogP contribution < -0.4 is 0 Å². The van der Waals surface area contributed by atoms with Crippen LogP contribution in [-0.4, -0.2) is 41.3 Å². The fraction of sp³-hybridized carbons (Fsp3) is 0.882. The summed E-state index contributed by atoms with van der Waals surface area (Å²) in [6, 6.07) is -0.131. The number of carbonyl (C=O) groups is 2. The summed E-state index contributed by atoms with van der Waals surface area (Å²) in [5.41, 5.74) is 0. The Balaban J connectivity index is 2.60. The Morgan fingerprint density at radius 3 is 2.55 bits per heavy atom. The van der Waals surface area contributed by atoms with Crippen LogP contribution in [-0.2, 0) is 9.53 Å². The molecule has 2 atom stereocenters. The van der Waals surface area contributed by atoms with E-state index in [2.05, 4.69) is 6.92 Å². The van der Waals surface area contributed by atoms with Gasteiger partial charge in [0.25, 0.3) is 0 Å². The van der Waals surface area contributed by atoms with Crippen molar-refractivity contribution in [3.63, 3.8) is 0 Å². The van der Waals surface area contributed by atoms with Gasteiger partial charge in [-0.3, -0.25) is 4.79 Å². The highest BCUT2D eigenvalue weighted by molar-refractivity contribution is 5.94. The van der Waals surface area contributed by atoms with E-state index in [1.807, 2.05) is 13.8 Å². The number of nitrogens with zero attached hydrogens (tertiary/aromatic N) is 1. The van der Waals surface area contributed by atoms with E-state index in [0.717, 1.165) is 44.9 Å². The first-order valence-electron chi connectivity index (χ1n) is 8.63. The van der Waals surface area contributed by atoms with Gasteiger partial charge in [0.15, 0.2) is 0 Å². The zero-order valence-corrected chi connectivity index (χ0v) is 14.2. The summed E-state index contributed by atoms with van der Waals surface area (Å²) in [5, 5.41) is 8.79. The average Bonchev–Trinajstić information content (AvgIpc) is 2.87. The Morgan fingerprint density at radius 1 is 1.27 bits per heavy atom. The summed E-state index contributed by atoms with van der Waals surface area (Å²) in [6.45, 7) is 6.63. The van der Waals surface area contributed by atoms with Crippen molar-refractivity contribution in [3.8, 4) is 0 Å². The molecule has 0 radical (unpaired) electrons. The number of hydrogen-bond acceptors (Lipinski definition) is 4. The van der Waals surface area contributed by atoms with Crippen molar-refractivity contribution < 1.29 is 19.4 Å². The Morgan fingerprint density at radius 2 is 1.95 bits per heavy atom. The third-order valence-electron chi connectivity index (χ3n) is 4.36. The average molecular weight is 313 g/mol. The van der Waals surface area contributed by atoms with Gasteiger partial charge in [-0.1, -0.05) is 46.5 Å². The lowest BCUT2D eigenvalue weighted by Gasteiger charge is -2.26. The largest absolute Gasteiger partial charge is 0.447 e. The fourth-order valence-electron chi connectivity index (χ4n) is 2.97. The van der Waals surface area contributed by atoms with Crippen molar-refractivity contribution in [2.75, 3.05) is 13.2 Å². The normalized spacial score (nSPS) is 19.6. The van der Waals surface area contributed by atoms with Gasteiger partial charge in [-0.2, -0.15) is 0 Å². The standard InChI is InChI=1S/C17H31NO4/c1-4-9-14(10-7-5-6-8-11-19)16(20)18-15(13(2)3)12-22-17(18)21/h13-15,19H,4-12H2,1-3H3/t14-,15-/m1/s1. The molecule has 0 aromatic carbocycles. The maximum atomic E-state index is 12.8. The van der Waals surface area contributed by atoms with Crippen molar-refractivity contribution >= 4 is 12.0 Å². The van der Waals surface area contributed by atoms with Gasteiger partial charge in [-0.05, 0) is 25.2 Å². The Hall–Kier alpha value is -1.10. The second-order valence-electron chi connectivity index (χ2n) is 6.51. The predicted molar refractivity (Wildman–Crippen MR) is 85.4 cm³/mol. The van der Waals surface area contributed by atoms with E-state index < -0.39 is 6.09 Å². The Bertz CT molecular complexity index is 357. The monoisotopic (exact) mass is 313 g/mol. The molecule has 0 bridgehead atoms. The number of ether oxygens (including phenoxy) is 1. The zero-order valence-electron chi connectivity index (χ0n) is 14.2. The topological polar surface area (TPSA) is 66.8 Å². The molecular formula is C17H31NO4. The minimum Gasteiger partial charge on any atom is -0.447 e. The number of aliphatic hydroxyl groups is 1. The van der Waals surface area contributed by atoms with E-state index in [1.165, 1.54) is 4.90 Å². The maximum absolute atomic E-state index is 12.8. The van der Waals surface area contributed by atoms with Crippen LogP contribution in [0.4, 0.5) is 4.79 Å². The van der Waals surface area contributed by atoms with Gasteiger partial charge in [0.2, 0.25) is 5.91 Å². The molecule has 1 aliphatic heterocycles. The number of aliphatic hydroxyl groups excluding tert-OH is 1. The van der Waals surface area contributed by atoms with Crippen LogP contribution in [0.2, 0.25) is 0 Å². The van der Waals surface area contributed by atoms with Gasteiger partial charge in [-0.15, -0.1) is 0 Å². The summed E-state index contributed by atoms with van der Waals surface area (Å²) in [6.07, 6.45) is 5.87. The molecule has 2 amide bonds. The number of unbranched alkanes of at least 4 members (excludes halogenated alkanes) is 3. The van der Waals surface area contributed by atoms with Crippen molar-refractivity contribution in [2.45, 2.75) is 71.8 Å².